The third-order valence-corrected chi connectivity index (χ3v) is 3.97. The second-order valence-corrected chi connectivity index (χ2v) is 5.38. The summed E-state index contributed by atoms with van der Waals surface area (Å²) in [6.07, 6.45) is 3.53. The molecule has 0 amide bonds. The largest absolute Gasteiger partial charge is 0.497 e. The molecule has 5 nitrogen and oxygen atoms in total. The normalized spacial score (nSPS) is 10.7. The summed E-state index contributed by atoms with van der Waals surface area (Å²) in [4.78, 5) is 7.73. The van der Waals surface area contributed by atoms with Crippen molar-refractivity contribution in [2.24, 2.45) is 0 Å². The number of benzene rings is 2. The Morgan fingerprint density at radius 2 is 1.67 bits per heavy atom. The zero-order chi connectivity index (χ0) is 16.4. The second kappa shape index (κ2) is 6.04. The summed E-state index contributed by atoms with van der Waals surface area (Å²) >= 11 is 0. The lowest BCUT2D eigenvalue weighted by atomic mass is 10.0. The highest BCUT2D eigenvalue weighted by Crippen LogP contribution is 2.35. The smallest absolute Gasteiger partial charge is 0.118 e. The van der Waals surface area contributed by atoms with Gasteiger partial charge in [-0.05, 0) is 24.3 Å². The minimum atomic E-state index is 0.825. The number of hydrogen-bond donors (Lipinski definition) is 2. The van der Waals surface area contributed by atoms with Crippen LogP contribution >= 0.6 is 0 Å². The van der Waals surface area contributed by atoms with Crippen molar-refractivity contribution >= 4 is 0 Å². The molecule has 118 valence electrons. The molecule has 24 heavy (non-hydrogen) atoms. The Labute approximate surface area is 139 Å². The predicted molar refractivity (Wildman–Crippen MR) is 93.6 cm³/mol. The van der Waals surface area contributed by atoms with Crippen LogP contribution < -0.4 is 4.74 Å². The van der Waals surface area contributed by atoms with Crippen LogP contribution in [0.1, 0.15) is 0 Å². The van der Waals surface area contributed by atoms with Crippen molar-refractivity contribution in [2.75, 3.05) is 7.11 Å². The molecular weight excluding hydrogens is 300 g/mol. The number of nitrogens with zero attached hydrogens (tertiary/aromatic N) is 2. The van der Waals surface area contributed by atoms with Crippen LogP contribution in [0.3, 0.4) is 0 Å². The molecule has 0 unspecified atom stereocenters. The van der Waals surface area contributed by atoms with Gasteiger partial charge in [0.1, 0.15) is 5.75 Å². The topological polar surface area (TPSA) is 66.6 Å². The van der Waals surface area contributed by atoms with E-state index in [-0.39, 0.29) is 0 Å². The van der Waals surface area contributed by atoms with Gasteiger partial charge in [0.2, 0.25) is 0 Å². The number of nitrogens with one attached hydrogen (secondary N) is 2. The van der Waals surface area contributed by atoms with Gasteiger partial charge < -0.3 is 9.72 Å². The first-order chi connectivity index (χ1) is 11.9. The van der Waals surface area contributed by atoms with Crippen LogP contribution in [0.25, 0.3) is 33.8 Å². The second-order valence-electron chi connectivity index (χ2n) is 5.38. The van der Waals surface area contributed by atoms with E-state index in [1.165, 1.54) is 0 Å². The molecule has 5 heteroatoms. The summed E-state index contributed by atoms with van der Waals surface area (Å²) in [5, 5.41) is 7.32. The number of aromatic nitrogens is 4. The molecule has 2 N–H and O–H groups in total. The average molecular weight is 316 g/mol. The molecular formula is C19H16N4O. The van der Waals surface area contributed by atoms with Crippen molar-refractivity contribution in [3.05, 3.63) is 67.1 Å². The fourth-order valence-corrected chi connectivity index (χ4v) is 2.77. The summed E-state index contributed by atoms with van der Waals surface area (Å²) in [6, 6.07) is 18.0. The van der Waals surface area contributed by atoms with E-state index >= 15 is 0 Å². The summed E-state index contributed by atoms with van der Waals surface area (Å²) < 4.78 is 5.22. The Bertz CT molecular complexity index is 939. The van der Waals surface area contributed by atoms with Crippen LogP contribution in [0.4, 0.5) is 0 Å². The Kier molecular flexibility index (Phi) is 3.59. The fourth-order valence-electron chi connectivity index (χ4n) is 2.77. The van der Waals surface area contributed by atoms with E-state index in [0.717, 1.165) is 39.5 Å². The number of H-pyrrole nitrogens is 2. The standard InChI is InChI=1S/C19H16N4O/c1-24-15-9-7-14(8-10-15)17-16(11-22-23-17)19-18(20-12-21-19)13-5-3-2-4-6-13/h2-12H,1H3,(H,20,21)(H,22,23). The summed E-state index contributed by atoms with van der Waals surface area (Å²) in [6.45, 7) is 0. The van der Waals surface area contributed by atoms with Gasteiger partial charge in [-0.2, -0.15) is 5.10 Å². The Balaban J connectivity index is 1.80. The van der Waals surface area contributed by atoms with E-state index in [2.05, 4.69) is 20.2 Å². The Morgan fingerprint density at radius 1 is 0.875 bits per heavy atom. The number of aromatic amines is 2. The summed E-state index contributed by atoms with van der Waals surface area (Å²) in [7, 11) is 1.66. The van der Waals surface area contributed by atoms with Gasteiger partial charge in [0.15, 0.2) is 0 Å². The number of rotatable bonds is 4. The highest BCUT2D eigenvalue weighted by Gasteiger charge is 2.16. The Hall–Kier alpha value is -3.34. The van der Waals surface area contributed by atoms with Crippen LogP contribution in [-0.2, 0) is 0 Å². The molecule has 4 aromatic rings. The van der Waals surface area contributed by atoms with Gasteiger partial charge in [-0.25, -0.2) is 4.98 Å². The molecule has 0 atom stereocenters. The van der Waals surface area contributed by atoms with Gasteiger partial charge in [0, 0.05) is 16.7 Å². The number of imidazole rings is 1. The first-order valence-corrected chi connectivity index (χ1v) is 7.64. The first-order valence-electron chi connectivity index (χ1n) is 7.64. The zero-order valence-electron chi connectivity index (χ0n) is 13.2. The maximum atomic E-state index is 5.22. The monoisotopic (exact) mass is 316 g/mol. The lowest BCUT2D eigenvalue weighted by Gasteiger charge is -2.06. The van der Waals surface area contributed by atoms with Crippen LogP contribution in [0, 0.1) is 0 Å². The van der Waals surface area contributed by atoms with Crippen LogP contribution in [0.5, 0.6) is 5.75 Å². The van der Waals surface area contributed by atoms with Gasteiger partial charge >= 0.3 is 0 Å². The third kappa shape index (κ3) is 2.46. The minimum Gasteiger partial charge on any atom is -0.497 e. The van der Waals surface area contributed by atoms with Gasteiger partial charge in [-0.3, -0.25) is 5.10 Å². The molecule has 0 bridgehead atoms. The molecule has 0 saturated carbocycles. The molecule has 2 aromatic carbocycles. The molecule has 2 aromatic heterocycles. The fraction of sp³-hybridized carbons (Fsp3) is 0.0526. The van der Waals surface area contributed by atoms with Gasteiger partial charge in [0.05, 0.1) is 36.7 Å². The predicted octanol–water partition coefficient (Wildman–Crippen LogP) is 4.14. The number of hydrogen-bond acceptors (Lipinski definition) is 3. The van der Waals surface area contributed by atoms with Crippen LogP contribution in [0.2, 0.25) is 0 Å². The zero-order valence-corrected chi connectivity index (χ0v) is 13.2. The van der Waals surface area contributed by atoms with E-state index in [9.17, 15) is 0 Å². The first kappa shape index (κ1) is 14.3. The highest BCUT2D eigenvalue weighted by molar-refractivity contribution is 5.86. The maximum absolute atomic E-state index is 5.22. The van der Waals surface area contributed by atoms with Crippen molar-refractivity contribution in [3.63, 3.8) is 0 Å². The van der Waals surface area contributed by atoms with Crippen molar-refractivity contribution < 1.29 is 4.74 Å². The third-order valence-electron chi connectivity index (χ3n) is 3.97. The van der Waals surface area contributed by atoms with Gasteiger partial charge in [0.25, 0.3) is 0 Å². The van der Waals surface area contributed by atoms with Crippen LogP contribution in [0.15, 0.2) is 67.1 Å². The molecule has 0 saturated heterocycles. The average Bonchev–Trinajstić information content (AvgIpc) is 3.31. The maximum Gasteiger partial charge on any atom is 0.118 e. The molecule has 0 aliphatic heterocycles. The Morgan fingerprint density at radius 3 is 2.42 bits per heavy atom. The number of ether oxygens (including phenoxy) is 1. The number of methoxy groups -OCH3 is 1. The van der Waals surface area contributed by atoms with Crippen molar-refractivity contribution in [3.8, 4) is 39.5 Å². The van der Waals surface area contributed by atoms with E-state index in [0.29, 0.717) is 0 Å². The van der Waals surface area contributed by atoms with E-state index in [1.807, 2.05) is 60.8 Å². The molecule has 4 rings (SSSR count). The summed E-state index contributed by atoms with van der Waals surface area (Å²) in [5.74, 6) is 0.825. The van der Waals surface area contributed by atoms with Gasteiger partial charge in [-0.1, -0.05) is 30.3 Å². The highest BCUT2D eigenvalue weighted by atomic mass is 16.5. The van der Waals surface area contributed by atoms with E-state index < -0.39 is 0 Å². The van der Waals surface area contributed by atoms with Crippen LogP contribution in [-0.4, -0.2) is 27.3 Å². The van der Waals surface area contributed by atoms with E-state index in [4.69, 9.17) is 4.74 Å². The molecule has 0 fully saturated rings. The molecule has 0 aliphatic rings. The van der Waals surface area contributed by atoms with Crippen molar-refractivity contribution in [1.82, 2.24) is 20.2 Å². The minimum absolute atomic E-state index is 0.825. The lowest BCUT2D eigenvalue weighted by Crippen LogP contribution is -1.87. The molecule has 0 aliphatic carbocycles. The van der Waals surface area contributed by atoms with Crippen molar-refractivity contribution in [1.29, 1.82) is 0 Å². The SMILES string of the molecule is COc1ccc(-c2[nH]ncc2-c2[nH]cnc2-c2ccccc2)cc1. The molecule has 0 radical (unpaired) electrons. The molecule has 0 spiro atoms. The lowest BCUT2D eigenvalue weighted by molar-refractivity contribution is 0.415. The molecule has 2 heterocycles. The summed E-state index contributed by atoms with van der Waals surface area (Å²) in [5.41, 5.74) is 5.88. The quantitative estimate of drug-likeness (QED) is 0.594. The van der Waals surface area contributed by atoms with E-state index in [1.54, 1.807) is 13.4 Å². The van der Waals surface area contributed by atoms with Crippen molar-refractivity contribution in [2.45, 2.75) is 0 Å². The van der Waals surface area contributed by atoms with Gasteiger partial charge in [-0.15, -0.1) is 0 Å².